The van der Waals surface area contributed by atoms with E-state index in [1.165, 1.54) is 14.2 Å². The van der Waals surface area contributed by atoms with Crippen molar-refractivity contribution in [2.24, 2.45) is 5.73 Å². The number of rotatable bonds is 6. The maximum Gasteiger partial charge on any atom is 0.291 e. The van der Waals surface area contributed by atoms with Gasteiger partial charge in [0, 0.05) is 40.5 Å². The van der Waals surface area contributed by atoms with Gasteiger partial charge in [-0.3, -0.25) is 4.79 Å². The van der Waals surface area contributed by atoms with Gasteiger partial charge in [-0.05, 0) is 36.4 Å². The number of hydrogen-bond acceptors (Lipinski definition) is 5. The van der Waals surface area contributed by atoms with Gasteiger partial charge in [-0.1, -0.05) is 11.6 Å². The first-order valence-electron chi connectivity index (χ1n) is 8.17. The van der Waals surface area contributed by atoms with E-state index in [1.54, 1.807) is 36.4 Å². The van der Waals surface area contributed by atoms with Crippen LogP contribution in [-0.4, -0.2) is 20.1 Å². The molecule has 6 nitrogen and oxygen atoms in total. The molecule has 3 aromatic rings. The van der Waals surface area contributed by atoms with Crippen molar-refractivity contribution >= 4 is 23.2 Å². The highest BCUT2D eigenvalue weighted by atomic mass is 35.5. The highest BCUT2D eigenvalue weighted by Crippen LogP contribution is 2.33. The molecule has 0 unspecified atom stereocenters. The predicted octanol–water partition coefficient (Wildman–Crippen LogP) is 4.33. The average molecular weight is 387 g/mol. The standard InChI is InChI=1S/C20H19ClN2O4/c1-25-18-9-14(10-19(26-2)15(18)11-22)23-20(24)17-8-7-16(27-17)12-3-5-13(21)6-4-12/h3-10H,11,22H2,1-2H3,(H,23,24). The number of methoxy groups -OCH3 is 2. The van der Waals surface area contributed by atoms with E-state index in [1.807, 2.05) is 12.1 Å². The molecule has 1 amide bonds. The van der Waals surface area contributed by atoms with Gasteiger partial charge in [-0.25, -0.2) is 0 Å². The number of nitrogens with one attached hydrogen (secondary N) is 1. The fourth-order valence-corrected chi connectivity index (χ4v) is 2.81. The minimum atomic E-state index is -0.389. The summed E-state index contributed by atoms with van der Waals surface area (Å²) in [5.74, 6) is 1.44. The molecule has 1 heterocycles. The number of halogens is 1. The van der Waals surface area contributed by atoms with Gasteiger partial charge < -0.3 is 24.9 Å². The van der Waals surface area contributed by atoms with Gasteiger partial charge in [0.05, 0.1) is 14.2 Å². The number of furan rings is 1. The molecule has 27 heavy (non-hydrogen) atoms. The first-order valence-corrected chi connectivity index (χ1v) is 8.55. The summed E-state index contributed by atoms with van der Waals surface area (Å²) in [5, 5.41) is 3.41. The number of benzene rings is 2. The average Bonchev–Trinajstić information content (AvgIpc) is 3.18. The maximum atomic E-state index is 12.5. The van der Waals surface area contributed by atoms with Gasteiger partial charge in [0.25, 0.3) is 5.91 Å². The maximum absolute atomic E-state index is 12.5. The van der Waals surface area contributed by atoms with Crippen molar-refractivity contribution in [3.8, 4) is 22.8 Å². The fraction of sp³-hybridized carbons (Fsp3) is 0.150. The van der Waals surface area contributed by atoms with Crippen molar-refractivity contribution in [3.05, 3.63) is 64.9 Å². The highest BCUT2D eigenvalue weighted by molar-refractivity contribution is 6.30. The van der Waals surface area contributed by atoms with E-state index in [-0.39, 0.29) is 18.2 Å². The number of hydrogen-bond donors (Lipinski definition) is 2. The van der Waals surface area contributed by atoms with Crippen molar-refractivity contribution in [3.63, 3.8) is 0 Å². The van der Waals surface area contributed by atoms with Gasteiger partial charge in [-0.2, -0.15) is 0 Å². The van der Waals surface area contributed by atoms with Gasteiger partial charge in [0.1, 0.15) is 17.3 Å². The normalized spacial score (nSPS) is 10.5. The molecule has 140 valence electrons. The third-order valence-corrected chi connectivity index (χ3v) is 4.28. The van der Waals surface area contributed by atoms with Crippen molar-refractivity contribution in [2.45, 2.75) is 6.54 Å². The Morgan fingerprint density at radius 3 is 2.26 bits per heavy atom. The van der Waals surface area contributed by atoms with E-state index in [9.17, 15) is 4.79 Å². The van der Waals surface area contributed by atoms with Crippen LogP contribution in [0, 0.1) is 0 Å². The summed E-state index contributed by atoms with van der Waals surface area (Å²) in [5.41, 5.74) is 7.80. The molecule has 0 fully saturated rings. The lowest BCUT2D eigenvalue weighted by Crippen LogP contribution is -2.12. The van der Waals surface area contributed by atoms with Crippen LogP contribution in [0.3, 0.4) is 0 Å². The molecular weight excluding hydrogens is 368 g/mol. The van der Waals surface area contributed by atoms with Gasteiger partial charge >= 0.3 is 0 Å². The Bertz CT molecular complexity index is 926. The van der Waals surface area contributed by atoms with Crippen LogP contribution in [0.25, 0.3) is 11.3 Å². The topological polar surface area (TPSA) is 86.7 Å². The lowest BCUT2D eigenvalue weighted by Gasteiger charge is -2.14. The Hall–Kier alpha value is -2.96. The third kappa shape index (κ3) is 4.07. The Balaban J connectivity index is 1.82. The predicted molar refractivity (Wildman–Crippen MR) is 105 cm³/mol. The quantitative estimate of drug-likeness (QED) is 0.658. The van der Waals surface area contributed by atoms with Crippen molar-refractivity contribution in [1.29, 1.82) is 0 Å². The molecule has 7 heteroatoms. The molecule has 0 saturated heterocycles. The van der Waals surface area contributed by atoms with E-state index in [4.69, 9.17) is 31.2 Å². The lowest BCUT2D eigenvalue weighted by molar-refractivity contribution is 0.0997. The summed E-state index contributed by atoms with van der Waals surface area (Å²) >= 11 is 5.89. The van der Waals surface area contributed by atoms with Gasteiger partial charge in [0.2, 0.25) is 0 Å². The first-order chi connectivity index (χ1) is 13.0. The van der Waals surface area contributed by atoms with Crippen molar-refractivity contribution in [2.75, 3.05) is 19.5 Å². The van der Waals surface area contributed by atoms with Crippen LogP contribution in [0.5, 0.6) is 11.5 Å². The van der Waals surface area contributed by atoms with Crippen LogP contribution in [0.4, 0.5) is 5.69 Å². The Morgan fingerprint density at radius 1 is 1.07 bits per heavy atom. The molecule has 0 radical (unpaired) electrons. The largest absolute Gasteiger partial charge is 0.496 e. The molecule has 0 atom stereocenters. The van der Waals surface area contributed by atoms with E-state index >= 15 is 0 Å². The number of carbonyl (C=O) groups excluding carboxylic acids is 1. The molecule has 0 aliphatic rings. The van der Waals surface area contributed by atoms with E-state index in [0.717, 1.165) is 11.1 Å². The molecule has 0 bridgehead atoms. The Kier molecular flexibility index (Phi) is 5.69. The van der Waals surface area contributed by atoms with Gasteiger partial charge in [-0.15, -0.1) is 0 Å². The van der Waals surface area contributed by atoms with Crippen LogP contribution in [0.15, 0.2) is 52.9 Å². The minimum absolute atomic E-state index is 0.181. The summed E-state index contributed by atoms with van der Waals surface area (Å²) in [6, 6.07) is 13.9. The summed E-state index contributed by atoms with van der Waals surface area (Å²) in [6.07, 6.45) is 0. The van der Waals surface area contributed by atoms with Crippen molar-refractivity contribution in [1.82, 2.24) is 0 Å². The molecule has 0 aliphatic carbocycles. The third-order valence-electron chi connectivity index (χ3n) is 4.03. The van der Waals surface area contributed by atoms with Crippen LogP contribution in [0.2, 0.25) is 5.02 Å². The number of amides is 1. The molecule has 3 rings (SSSR count). The number of ether oxygens (including phenoxy) is 2. The fourth-order valence-electron chi connectivity index (χ4n) is 2.68. The number of nitrogens with two attached hydrogens (primary N) is 1. The summed E-state index contributed by atoms with van der Waals surface area (Å²) in [6.45, 7) is 0.253. The van der Waals surface area contributed by atoms with E-state index in [0.29, 0.717) is 28.0 Å². The SMILES string of the molecule is COc1cc(NC(=O)c2ccc(-c3ccc(Cl)cc3)o2)cc(OC)c1CN. The monoisotopic (exact) mass is 386 g/mol. The molecule has 1 aromatic heterocycles. The zero-order valence-electron chi connectivity index (χ0n) is 14.9. The molecule has 0 saturated carbocycles. The smallest absolute Gasteiger partial charge is 0.291 e. The van der Waals surface area contributed by atoms with E-state index in [2.05, 4.69) is 5.32 Å². The second-order valence-electron chi connectivity index (χ2n) is 5.69. The zero-order chi connectivity index (χ0) is 19.4. The lowest BCUT2D eigenvalue weighted by atomic mass is 10.1. The highest BCUT2D eigenvalue weighted by Gasteiger charge is 2.16. The Labute approximate surface area is 161 Å². The number of carbonyl (C=O) groups is 1. The van der Waals surface area contributed by atoms with Crippen LogP contribution in [0.1, 0.15) is 16.1 Å². The summed E-state index contributed by atoms with van der Waals surface area (Å²) in [4.78, 5) is 12.5. The minimum Gasteiger partial charge on any atom is -0.496 e. The first kappa shape index (κ1) is 18.8. The molecule has 0 aliphatic heterocycles. The molecule has 0 spiro atoms. The Morgan fingerprint density at radius 2 is 1.70 bits per heavy atom. The van der Waals surface area contributed by atoms with Crippen molar-refractivity contribution < 1.29 is 18.7 Å². The van der Waals surface area contributed by atoms with Crippen LogP contribution in [-0.2, 0) is 6.54 Å². The summed E-state index contributed by atoms with van der Waals surface area (Å²) in [7, 11) is 3.06. The second kappa shape index (κ2) is 8.16. The van der Waals surface area contributed by atoms with E-state index < -0.39 is 0 Å². The van der Waals surface area contributed by atoms with Crippen LogP contribution >= 0.6 is 11.6 Å². The summed E-state index contributed by atoms with van der Waals surface area (Å²) < 4.78 is 16.3. The zero-order valence-corrected chi connectivity index (χ0v) is 15.7. The second-order valence-corrected chi connectivity index (χ2v) is 6.12. The van der Waals surface area contributed by atoms with Gasteiger partial charge in [0.15, 0.2) is 5.76 Å². The molecule has 2 aromatic carbocycles. The van der Waals surface area contributed by atoms with Crippen LogP contribution < -0.4 is 20.5 Å². The molecule has 3 N–H and O–H groups in total. The molecular formula is C20H19ClN2O4. The number of anilines is 1.